The largest absolute Gasteiger partial charge is 0.383 e. The van der Waals surface area contributed by atoms with Crippen LogP contribution in [0.5, 0.6) is 0 Å². The number of hydrogen-bond donors (Lipinski definition) is 1. The van der Waals surface area contributed by atoms with Gasteiger partial charge in [-0.15, -0.1) is 0 Å². The molecule has 0 radical (unpaired) electrons. The molecule has 0 aromatic carbocycles. The molecule has 0 amide bonds. The van der Waals surface area contributed by atoms with Crippen molar-refractivity contribution < 1.29 is 4.74 Å². The van der Waals surface area contributed by atoms with Crippen LogP contribution in [0, 0.1) is 5.92 Å². The summed E-state index contributed by atoms with van der Waals surface area (Å²) in [4.78, 5) is 2.69. The normalized spacial score (nSPS) is 32.6. The Morgan fingerprint density at radius 3 is 2.76 bits per heavy atom. The van der Waals surface area contributed by atoms with Crippen LogP contribution < -0.4 is 5.32 Å². The molecule has 2 fully saturated rings. The Kier molecular flexibility index (Phi) is 4.83. The second kappa shape index (κ2) is 6.17. The molecule has 3 heteroatoms. The second-order valence-electron chi connectivity index (χ2n) is 5.80. The second-order valence-corrected chi connectivity index (χ2v) is 5.80. The van der Waals surface area contributed by atoms with Crippen LogP contribution >= 0.6 is 0 Å². The van der Waals surface area contributed by atoms with Crippen molar-refractivity contribution in [1.82, 2.24) is 10.2 Å². The minimum Gasteiger partial charge on any atom is -0.383 e. The molecule has 2 aliphatic rings. The molecule has 0 bridgehead atoms. The highest BCUT2D eigenvalue weighted by molar-refractivity contribution is 4.95. The molecule has 0 aromatic heterocycles. The first-order valence-corrected chi connectivity index (χ1v) is 7.24. The van der Waals surface area contributed by atoms with Crippen molar-refractivity contribution >= 4 is 0 Å². The molecule has 0 aromatic rings. The van der Waals surface area contributed by atoms with E-state index in [-0.39, 0.29) is 0 Å². The third kappa shape index (κ3) is 3.43. The van der Waals surface area contributed by atoms with Crippen molar-refractivity contribution in [1.29, 1.82) is 0 Å². The molecular weight excluding hydrogens is 212 g/mol. The monoisotopic (exact) mass is 240 g/mol. The molecule has 100 valence electrons. The molecule has 1 saturated carbocycles. The summed E-state index contributed by atoms with van der Waals surface area (Å²) in [7, 11) is 1.81. The fraction of sp³-hybridized carbons (Fsp3) is 1.00. The van der Waals surface area contributed by atoms with Crippen LogP contribution in [0.2, 0.25) is 0 Å². The molecule has 3 unspecified atom stereocenters. The number of nitrogens with zero attached hydrogens (tertiary/aromatic N) is 1. The van der Waals surface area contributed by atoms with Gasteiger partial charge in [0, 0.05) is 38.3 Å². The molecule has 1 saturated heterocycles. The zero-order chi connectivity index (χ0) is 12.3. The van der Waals surface area contributed by atoms with Gasteiger partial charge in [0.15, 0.2) is 0 Å². The highest BCUT2D eigenvalue weighted by atomic mass is 16.5. The lowest BCUT2D eigenvalue weighted by atomic mass is 10.0. The highest BCUT2D eigenvalue weighted by Gasteiger charge is 2.38. The maximum atomic E-state index is 5.33. The van der Waals surface area contributed by atoms with Crippen molar-refractivity contribution in [2.45, 2.75) is 57.7 Å². The predicted octanol–water partition coefficient (Wildman–Crippen LogP) is 1.87. The first-order chi connectivity index (χ1) is 8.26. The van der Waals surface area contributed by atoms with E-state index in [0.717, 1.165) is 18.6 Å². The molecule has 3 atom stereocenters. The molecule has 17 heavy (non-hydrogen) atoms. The van der Waals surface area contributed by atoms with Gasteiger partial charge in [-0.05, 0) is 32.1 Å². The van der Waals surface area contributed by atoms with Crippen molar-refractivity contribution in [2.24, 2.45) is 5.92 Å². The van der Waals surface area contributed by atoms with E-state index in [1.807, 2.05) is 7.11 Å². The van der Waals surface area contributed by atoms with Gasteiger partial charge < -0.3 is 10.1 Å². The summed E-state index contributed by atoms with van der Waals surface area (Å²) in [5.41, 5.74) is 0. The van der Waals surface area contributed by atoms with E-state index in [9.17, 15) is 0 Å². The van der Waals surface area contributed by atoms with E-state index in [0.29, 0.717) is 12.1 Å². The molecule has 1 aliphatic heterocycles. The topological polar surface area (TPSA) is 24.5 Å². The van der Waals surface area contributed by atoms with Gasteiger partial charge in [0.25, 0.3) is 0 Å². The van der Waals surface area contributed by atoms with Crippen LogP contribution in [0.4, 0.5) is 0 Å². The van der Waals surface area contributed by atoms with Gasteiger partial charge >= 0.3 is 0 Å². The molecule has 1 aliphatic carbocycles. The lowest BCUT2D eigenvalue weighted by molar-refractivity contribution is 0.0346. The van der Waals surface area contributed by atoms with E-state index >= 15 is 0 Å². The Labute approximate surface area is 106 Å². The minimum atomic E-state index is 0.555. The van der Waals surface area contributed by atoms with E-state index in [2.05, 4.69) is 24.1 Å². The lowest BCUT2D eigenvalue weighted by Crippen LogP contribution is -2.60. The summed E-state index contributed by atoms with van der Waals surface area (Å²) in [5.74, 6) is 0.954. The fourth-order valence-electron chi connectivity index (χ4n) is 3.14. The van der Waals surface area contributed by atoms with Gasteiger partial charge in [-0.1, -0.05) is 13.3 Å². The number of nitrogens with one attached hydrogen (secondary N) is 1. The Morgan fingerprint density at radius 2 is 2.18 bits per heavy atom. The van der Waals surface area contributed by atoms with Crippen molar-refractivity contribution in [3.63, 3.8) is 0 Å². The summed E-state index contributed by atoms with van der Waals surface area (Å²) in [6, 6.07) is 2.00. The van der Waals surface area contributed by atoms with Gasteiger partial charge in [0.1, 0.15) is 0 Å². The van der Waals surface area contributed by atoms with E-state index < -0.39 is 0 Å². The predicted molar refractivity (Wildman–Crippen MR) is 71.3 cm³/mol. The van der Waals surface area contributed by atoms with Crippen LogP contribution in [0.25, 0.3) is 0 Å². The van der Waals surface area contributed by atoms with Crippen LogP contribution in [0.3, 0.4) is 0 Å². The number of rotatable bonds is 6. The van der Waals surface area contributed by atoms with Crippen molar-refractivity contribution in [3.8, 4) is 0 Å². The Balaban J connectivity index is 1.92. The molecular formula is C14H28N2O. The number of piperazine rings is 1. The summed E-state index contributed by atoms with van der Waals surface area (Å²) in [5, 5.41) is 3.76. The zero-order valence-corrected chi connectivity index (χ0v) is 11.6. The van der Waals surface area contributed by atoms with Crippen molar-refractivity contribution in [3.05, 3.63) is 0 Å². The molecule has 1 N–H and O–H groups in total. The van der Waals surface area contributed by atoms with Gasteiger partial charge in [-0.3, -0.25) is 4.90 Å². The highest BCUT2D eigenvalue weighted by Crippen LogP contribution is 2.34. The average molecular weight is 240 g/mol. The molecule has 3 nitrogen and oxygen atoms in total. The van der Waals surface area contributed by atoms with Gasteiger partial charge in [-0.2, -0.15) is 0 Å². The van der Waals surface area contributed by atoms with E-state index in [1.165, 1.54) is 38.8 Å². The van der Waals surface area contributed by atoms with Gasteiger partial charge in [-0.25, -0.2) is 0 Å². The Hall–Kier alpha value is -0.120. The molecule has 1 heterocycles. The van der Waals surface area contributed by atoms with Gasteiger partial charge in [0.2, 0.25) is 0 Å². The molecule has 2 rings (SSSR count). The minimum absolute atomic E-state index is 0.555. The Morgan fingerprint density at radius 1 is 1.41 bits per heavy atom. The summed E-state index contributed by atoms with van der Waals surface area (Å²) < 4.78 is 5.33. The first-order valence-electron chi connectivity index (χ1n) is 7.24. The van der Waals surface area contributed by atoms with E-state index in [4.69, 9.17) is 4.74 Å². The average Bonchev–Trinajstić information content (AvgIpc) is 3.14. The quantitative estimate of drug-likeness (QED) is 0.767. The fourth-order valence-corrected chi connectivity index (χ4v) is 3.14. The molecule has 0 spiro atoms. The number of methoxy groups -OCH3 is 1. The van der Waals surface area contributed by atoms with Gasteiger partial charge in [0.05, 0.1) is 6.61 Å². The van der Waals surface area contributed by atoms with Crippen LogP contribution in [-0.4, -0.2) is 49.8 Å². The standard InChI is InChI=1S/C14H28N2O/c1-4-5-13-8-15-14(12-6-7-12)9-16(13)11(2)10-17-3/h11-15H,4-10H2,1-3H3. The van der Waals surface area contributed by atoms with Crippen LogP contribution in [0.1, 0.15) is 39.5 Å². The smallest absolute Gasteiger partial charge is 0.0615 e. The first kappa shape index (κ1) is 13.3. The zero-order valence-electron chi connectivity index (χ0n) is 11.6. The van der Waals surface area contributed by atoms with Crippen LogP contribution in [0.15, 0.2) is 0 Å². The number of hydrogen-bond acceptors (Lipinski definition) is 3. The lowest BCUT2D eigenvalue weighted by Gasteiger charge is -2.44. The van der Waals surface area contributed by atoms with Crippen molar-refractivity contribution in [2.75, 3.05) is 26.8 Å². The van der Waals surface area contributed by atoms with Crippen LogP contribution in [-0.2, 0) is 4.74 Å². The SMILES string of the molecule is CCCC1CNC(C2CC2)CN1C(C)COC. The maximum absolute atomic E-state index is 5.33. The third-order valence-corrected chi connectivity index (χ3v) is 4.28. The summed E-state index contributed by atoms with van der Waals surface area (Å²) in [6.45, 7) is 7.84. The maximum Gasteiger partial charge on any atom is 0.0615 e. The Bertz CT molecular complexity index is 230. The van der Waals surface area contributed by atoms with E-state index in [1.54, 1.807) is 0 Å². The third-order valence-electron chi connectivity index (χ3n) is 4.28. The summed E-state index contributed by atoms with van der Waals surface area (Å²) in [6.07, 6.45) is 5.44. The summed E-state index contributed by atoms with van der Waals surface area (Å²) >= 11 is 0. The number of ether oxygens (including phenoxy) is 1.